The van der Waals surface area contributed by atoms with Crippen LogP contribution in [0, 0.1) is 0 Å². The van der Waals surface area contributed by atoms with Crippen molar-refractivity contribution < 1.29 is 9.53 Å². The van der Waals surface area contributed by atoms with Crippen molar-refractivity contribution in [2.24, 2.45) is 0 Å². The first-order valence-corrected chi connectivity index (χ1v) is 6.36. The molecular formula is C14H10BrNO2. The number of hydrogen-bond acceptors (Lipinski definition) is 2. The number of rotatable bonds is 1. The first-order valence-electron chi connectivity index (χ1n) is 5.57. The van der Waals surface area contributed by atoms with Crippen LogP contribution in [0.1, 0.15) is 5.56 Å². The van der Waals surface area contributed by atoms with Gasteiger partial charge < -0.3 is 4.74 Å². The minimum atomic E-state index is -0.337. The number of nitrogens with zero attached hydrogens (tertiary/aromatic N) is 1. The molecule has 2 aromatic carbocycles. The Morgan fingerprint density at radius 1 is 1.06 bits per heavy atom. The summed E-state index contributed by atoms with van der Waals surface area (Å²) in [5.41, 5.74) is 1.85. The number of para-hydroxylation sites is 1. The van der Waals surface area contributed by atoms with Gasteiger partial charge in [-0.05, 0) is 30.3 Å². The molecule has 1 aliphatic heterocycles. The van der Waals surface area contributed by atoms with Crippen LogP contribution < -0.4 is 9.64 Å². The van der Waals surface area contributed by atoms with E-state index >= 15 is 0 Å². The van der Waals surface area contributed by atoms with E-state index in [1.165, 1.54) is 0 Å². The number of carbonyl (C=O) groups excluding carboxylic acids is 1. The summed E-state index contributed by atoms with van der Waals surface area (Å²) in [6.45, 7) is 0.538. The molecule has 3 nitrogen and oxygen atoms in total. The van der Waals surface area contributed by atoms with Crippen molar-refractivity contribution >= 4 is 27.7 Å². The second-order valence-corrected chi connectivity index (χ2v) is 4.95. The Bertz CT molecular complexity index is 595. The summed E-state index contributed by atoms with van der Waals surface area (Å²) in [4.78, 5) is 13.6. The van der Waals surface area contributed by atoms with E-state index in [1.807, 2.05) is 48.5 Å². The Kier molecular flexibility index (Phi) is 2.80. The lowest BCUT2D eigenvalue weighted by molar-refractivity contribution is 0.203. The zero-order chi connectivity index (χ0) is 12.5. The summed E-state index contributed by atoms with van der Waals surface area (Å²) in [7, 11) is 0. The van der Waals surface area contributed by atoms with Crippen molar-refractivity contribution in [2.75, 3.05) is 4.90 Å². The Hall–Kier alpha value is -1.81. The highest BCUT2D eigenvalue weighted by Crippen LogP contribution is 2.29. The van der Waals surface area contributed by atoms with Gasteiger partial charge in [0.05, 0.1) is 6.54 Å². The lowest BCUT2D eigenvalue weighted by atomic mass is 10.1. The fraction of sp³-hybridized carbons (Fsp3) is 0.0714. The van der Waals surface area contributed by atoms with Crippen LogP contribution >= 0.6 is 15.9 Å². The molecule has 0 atom stereocenters. The molecule has 0 aromatic heterocycles. The second kappa shape index (κ2) is 4.46. The largest absolute Gasteiger partial charge is 0.420 e. The molecule has 0 aliphatic carbocycles. The predicted molar refractivity (Wildman–Crippen MR) is 72.8 cm³/mol. The van der Waals surface area contributed by atoms with Gasteiger partial charge in [0, 0.05) is 15.7 Å². The zero-order valence-electron chi connectivity index (χ0n) is 9.47. The third-order valence-corrected chi connectivity index (χ3v) is 3.39. The van der Waals surface area contributed by atoms with E-state index in [2.05, 4.69) is 15.9 Å². The first-order chi connectivity index (χ1) is 8.74. The molecule has 0 radical (unpaired) electrons. The van der Waals surface area contributed by atoms with Gasteiger partial charge in [0.25, 0.3) is 0 Å². The Balaban J connectivity index is 1.95. The number of ether oxygens (including phenoxy) is 1. The monoisotopic (exact) mass is 303 g/mol. The molecule has 0 bridgehead atoms. The lowest BCUT2D eigenvalue weighted by Gasteiger charge is -2.27. The molecule has 2 aromatic rings. The zero-order valence-corrected chi connectivity index (χ0v) is 11.1. The number of halogens is 1. The summed E-state index contributed by atoms with van der Waals surface area (Å²) in [6.07, 6.45) is -0.337. The summed E-state index contributed by atoms with van der Waals surface area (Å²) in [5.74, 6) is 0.649. The molecule has 0 saturated carbocycles. The SMILES string of the molecule is O=C1Oc2ccccc2CN1c1ccc(Br)cc1. The molecule has 0 fully saturated rings. The smallest absolute Gasteiger partial charge is 0.410 e. The maximum Gasteiger partial charge on any atom is 0.420 e. The molecule has 4 heteroatoms. The predicted octanol–water partition coefficient (Wildman–Crippen LogP) is 3.97. The van der Waals surface area contributed by atoms with Crippen molar-refractivity contribution in [3.05, 3.63) is 58.6 Å². The number of anilines is 1. The molecule has 0 spiro atoms. The van der Waals surface area contributed by atoms with Crippen LogP contribution in [0.5, 0.6) is 5.75 Å². The van der Waals surface area contributed by atoms with Crippen molar-refractivity contribution in [3.63, 3.8) is 0 Å². The van der Waals surface area contributed by atoms with E-state index < -0.39 is 0 Å². The van der Waals surface area contributed by atoms with Crippen LogP contribution in [0.15, 0.2) is 53.0 Å². The molecule has 0 unspecified atom stereocenters. The first kappa shape index (κ1) is 11.3. The molecule has 0 saturated heterocycles. The van der Waals surface area contributed by atoms with Gasteiger partial charge in [-0.2, -0.15) is 0 Å². The minimum Gasteiger partial charge on any atom is -0.410 e. The molecule has 1 aliphatic rings. The molecule has 1 heterocycles. The second-order valence-electron chi connectivity index (χ2n) is 4.04. The summed E-state index contributed by atoms with van der Waals surface area (Å²) in [6, 6.07) is 15.2. The van der Waals surface area contributed by atoms with E-state index in [1.54, 1.807) is 4.90 Å². The van der Waals surface area contributed by atoms with Crippen molar-refractivity contribution in [1.29, 1.82) is 0 Å². The molecular weight excluding hydrogens is 294 g/mol. The topological polar surface area (TPSA) is 29.5 Å². The van der Waals surface area contributed by atoms with Crippen molar-refractivity contribution in [3.8, 4) is 5.75 Å². The third kappa shape index (κ3) is 1.99. The minimum absolute atomic E-state index is 0.337. The van der Waals surface area contributed by atoms with Gasteiger partial charge in [-0.25, -0.2) is 4.79 Å². The lowest BCUT2D eigenvalue weighted by Crippen LogP contribution is -2.36. The van der Waals surface area contributed by atoms with Crippen LogP contribution in [-0.2, 0) is 6.54 Å². The van der Waals surface area contributed by atoms with E-state index in [9.17, 15) is 4.79 Å². The molecule has 18 heavy (non-hydrogen) atoms. The Morgan fingerprint density at radius 3 is 2.56 bits per heavy atom. The quantitative estimate of drug-likeness (QED) is 0.798. The summed E-state index contributed by atoms with van der Waals surface area (Å²) >= 11 is 3.38. The summed E-state index contributed by atoms with van der Waals surface area (Å²) < 4.78 is 6.29. The van der Waals surface area contributed by atoms with Crippen LogP contribution in [0.2, 0.25) is 0 Å². The Morgan fingerprint density at radius 2 is 1.78 bits per heavy atom. The maximum absolute atomic E-state index is 11.9. The number of amides is 1. The fourth-order valence-electron chi connectivity index (χ4n) is 1.94. The van der Waals surface area contributed by atoms with E-state index in [-0.39, 0.29) is 6.09 Å². The third-order valence-electron chi connectivity index (χ3n) is 2.86. The van der Waals surface area contributed by atoms with Gasteiger partial charge in [0.15, 0.2) is 0 Å². The van der Waals surface area contributed by atoms with Gasteiger partial charge in [-0.1, -0.05) is 34.1 Å². The highest BCUT2D eigenvalue weighted by atomic mass is 79.9. The van der Waals surface area contributed by atoms with Crippen LogP contribution in [0.4, 0.5) is 10.5 Å². The molecule has 1 amide bonds. The number of benzene rings is 2. The average Bonchev–Trinajstić information content (AvgIpc) is 2.39. The van der Waals surface area contributed by atoms with E-state index in [4.69, 9.17) is 4.74 Å². The van der Waals surface area contributed by atoms with Gasteiger partial charge in [-0.15, -0.1) is 0 Å². The van der Waals surface area contributed by atoms with Gasteiger partial charge in [-0.3, -0.25) is 4.90 Å². The van der Waals surface area contributed by atoms with Crippen LogP contribution in [-0.4, -0.2) is 6.09 Å². The number of carbonyl (C=O) groups is 1. The fourth-order valence-corrected chi connectivity index (χ4v) is 2.20. The van der Waals surface area contributed by atoms with Gasteiger partial charge in [0.1, 0.15) is 5.75 Å². The van der Waals surface area contributed by atoms with E-state index in [0.717, 1.165) is 15.7 Å². The van der Waals surface area contributed by atoms with E-state index in [0.29, 0.717) is 12.3 Å². The van der Waals surface area contributed by atoms with Gasteiger partial charge in [0.2, 0.25) is 0 Å². The van der Waals surface area contributed by atoms with Gasteiger partial charge >= 0.3 is 6.09 Å². The average molecular weight is 304 g/mol. The number of hydrogen-bond donors (Lipinski definition) is 0. The molecule has 0 N–H and O–H groups in total. The van der Waals surface area contributed by atoms with Crippen molar-refractivity contribution in [1.82, 2.24) is 0 Å². The van der Waals surface area contributed by atoms with Crippen LogP contribution in [0.3, 0.4) is 0 Å². The van der Waals surface area contributed by atoms with Crippen molar-refractivity contribution in [2.45, 2.75) is 6.54 Å². The van der Waals surface area contributed by atoms with Crippen LogP contribution in [0.25, 0.3) is 0 Å². The highest BCUT2D eigenvalue weighted by Gasteiger charge is 2.25. The maximum atomic E-state index is 11.9. The molecule has 90 valence electrons. The highest BCUT2D eigenvalue weighted by molar-refractivity contribution is 9.10. The number of fused-ring (bicyclic) bond motifs is 1. The normalized spacial score (nSPS) is 14.1. The Labute approximate surface area is 113 Å². The summed E-state index contributed by atoms with van der Waals surface area (Å²) in [5, 5.41) is 0. The standard InChI is InChI=1S/C14H10BrNO2/c15-11-5-7-12(8-6-11)16-9-10-3-1-2-4-13(10)18-14(16)17/h1-8H,9H2. The molecule has 3 rings (SSSR count).